The topological polar surface area (TPSA) is 257 Å². The Morgan fingerprint density at radius 3 is 2.06 bits per heavy atom. The summed E-state index contributed by atoms with van der Waals surface area (Å²) in [5.41, 5.74) is 5.92. The lowest BCUT2D eigenvalue weighted by atomic mass is 10.1. The van der Waals surface area contributed by atoms with Crippen LogP contribution in [0, 0.1) is 0 Å². The lowest BCUT2D eigenvalue weighted by Crippen LogP contribution is -2.60. The molecule has 6 unspecified atom stereocenters. The molecule has 1 rings (SSSR count). The highest BCUT2D eigenvalue weighted by atomic mass is 16.4. The molecule has 0 aliphatic carbocycles. The summed E-state index contributed by atoms with van der Waals surface area (Å²) in [6.07, 6.45) is -1.15. The monoisotopic (exact) mass is 486 g/mol. The zero-order valence-corrected chi connectivity index (χ0v) is 18.6. The molecule has 0 aromatic carbocycles. The molecule has 34 heavy (non-hydrogen) atoms. The van der Waals surface area contributed by atoms with Gasteiger partial charge in [0.2, 0.25) is 17.7 Å². The molecule has 0 saturated carbocycles. The summed E-state index contributed by atoms with van der Waals surface area (Å²) in [7, 11) is 0. The minimum absolute atomic E-state index is 0.162. The van der Waals surface area contributed by atoms with Gasteiger partial charge in [0.05, 0.1) is 18.5 Å². The largest absolute Gasteiger partial charge is 0.481 e. The van der Waals surface area contributed by atoms with Gasteiger partial charge in [0.15, 0.2) is 0 Å². The van der Waals surface area contributed by atoms with Gasteiger partial charge in [0, 0.05) is 24.7 Å². The minimum atomic E-state index is -1.60. The Morgan fingerprint density at radius 1 is 0.971 bits per heavy atom. The van der Waals surface area contributed by atoms with E-state index in [1.807, 2.05) is 0 Å². The molecule has 6 atom stereocenters. The van der Waals surface area contributed by atoms with Crippen molar-refractivity contribution in [2.45, 2.75) is 69.5 Å². The fourth-order valence-corrected chi connectivity index (χ4v) is 2.76. The Bertz CT molecular complexity index is 858. The van der Waals surface area contributed by atoms with Gasteiger partial charge in [-0.2, -0.15) is 0 Å². The number of aliphatic hydroxyl groups excluding tert-OH is 2. The first-order valence-electron chi connectivity index (χ1n) is 10.3. The zero-order chi connectivity index (χ0) is 26.0. The van der Waals surface area contributed by atoms with Crippen LogP contribution in [0.1, 0.15) is 32.4 Å². The van der Waals surface area contributed by atoms with Crippen molar-refractivity contribution in [1.29, 1.82) is 0 Å². The average molecular weight is 486 g/mol. The number of rotatable bonds is 14. The fraction of sp³-hybridized carbons (Fsp3) is 0.579. The number of carbonyl (C=O) groups is 5. The lowest BCUT2D eigenvalue weighted by Gasteiger charge is -2.26. The van der Waals surface area contributed by atoms with Gasteiger partial charge in [-0.1, -0.05) is 0 Å². The fourth-order valence-electron chi connectivity index (χ4n) is 2.76. The maximum Gasteiger partial charge on any atom is 0.326 e. The van der Waals surface area contributed by atoms with Crippen molar-refractivity contribution < 1.29 is 44.4 Å². The van der Waals surface area contributed by atoms with Crippen molar-refractivity contribution in [3.8, 4) is 0 Å². The first kappa shape index (κ1) is 28.5. The molecule has 0 radical (unpaired) electrons. The number of aliphatic carboxylic acids is 2. The van der Waals surface area contributed by atoms with E-state index in [4.69, 9.17) is 10.8 Å². The van der Waals surface area contributed by atoms with Crippen LogP contribution in [0.5, 0.6) is 0 Å². The lowest BCUT2D eigenvalue weighted by molar-refractivity contribution is -0.143. The molecule has 0 fully saturated rings. The highest BCUT2D eigenvalue weighted by Gasteiger charge is 2.33. The third-order valence-corrected chi connectivity index (χ3v) is 4.76. The maximum atomic E-state index is 12.7. The summed E-state index contributed by atoms with van der Waals surface area (Å²) in [4.78, 5) is 66.5. The number of nitrogens with two attached hydrogens (primary N) is 1. The van der Waals surface area contributed by atoms with Gasteiger partial charge in [-0.05, 0) is 20.3 Å². The van der Waals surface area contributed by atoms with Gasteiger partial charge in [-0.3, -0.25) is 19.2 Å². The number of imidazole rings is 1. The van der Waals surface area contributed by atoms with E-state index in [1.165, 1.54) is 26.4 Å². The smallest absolute Gasteiger partial charge is 0.326 e. The molecule has 15 nitrogen and oxygen atoms in total. The van der Waals surface area contributed by atoms with Crippen LogP contribution in [0.15, 0.2) is 12.5 Å². The standard InChI is InChI=1S/C19H30N6O9/c1-8(26)14(20)17(31)25-15(9(2)27)18(32)23-11(3-4-13(28)29)16(30)24-12(19(33)34)5-10-6-21-7-22-10/h6-9,11-12,14-15,26-27H,3-5,20H2,1-2H3,(H,21,22)(H,23,32)(H,24,30)(H,25,31)(H,28,29)(H,33,34). The van der Waals surface area contributed by atoms with E-state index in [0.717, 1.165) is 0 Å². The second-order valence-electron chi connectivity index (χ2n) is 7.67. The summed E-state index contributed by atoms with van der Waals surface area (Å²) < 4.78 is 0. The number of carboxylic acids is 2. The molecular formula is C19H30N6O9. The molecule has 0 bridgehead atoms. The molecule has 10 N–H and O–H groups in total. The number of aliphatic hydroxyl groups is 2. The quantitative estimate of drug-likeness (QED) is 0.124. The van der Waals surface area contributed by atoms with E-state index in [9.17, 15) is 39.3 Å². The first-order valence-corrected chi connectivity index (χ1v) is 10.3. The molecule has 1 aromatic rings. The molecule has 15 heteroatoms. The van der Waals surface area contributed by atoms with E-state index >= 15 is 0 Å². The maximum absolute atomic E-state index is 12.7. The van der Waals surface area contributed by atoms with Crippen LogP contribution >= 0.6 is 0 Å². The highest BCUT2D eigenvalue weighted by molar-refractivity contribution is 5.94. The molecule has 0 aliphatic rings. The van der Waals surface area contributed by atoms with E-state index in [1.54, 1.807) is 0 Å². The Hall–Kier alpha value is -3.56. The number of H-pyrrole nitrogens is 1. The summed E-state index contributed by atoms with van der Waals surface area (Å²) in [5.74, 6) is -5.65. The number of aromatic amines is 1. The molecule has 3 amide bonds. The average Bonchev–Trinajstić information content (AvgIpc) is 3.25. The van der Waals surface area contributed by atoms with Crippen molar-refractivity contribution in [2.75, 3.05) is 0 Å². The molecule has 1 aromatic heterocycles. The molecule has 1 heterocycles. The van der Waals surface area contributed by atoms with Crippen molar-refractivity contribution >= 4 is 29.7 Å². The van der Waals surface area contributed by atoms with Crippen LogP contribution in [-0.2, 0) is 30.4 Å². The van der Waals surface area contributed by atoms with Crippen LogP contribution in [0.25, 0.3) is 0 Å². The second-order valence-corrected chi connectivity index (χ2v) is 7.67. The van der Waals surface area contributed by atoms with Crippen LogP contribution in [0.4, 0.5) is 0 Å². The van der Waals surface area contributed by atoms with Crippen molar-refractivity contribution in [3.63, 3.8) is 0 Å². The van der Waals surface area contributed by atoms with Gasteiger partial charge in [0.25, 0.3) is 0 Å². The molecule has 0 saturated heterocycles. The van der Waals surface area contributed by atoms with Gasteiger partial charge in [0.1, 0.15) is 24.2 Å². The summed E-state index contributed by atoms with van der Waals surface area (Å²) in [6.45, 7) is 2.42. The van der Waals surface area contributed by atoms with Gasteiger partial charge < -0.3 is 47.1 Å². The predicted molar refractivity (Wildman–Crippen MR) is 114 cm³/mol. The summed E-state index contributed by atoms with van der Waals surface area (Å²) in [5, 5.41) is 44.3. The highest BCUT2D eigenvalue weighted by Crippen LogP contribution is 2.05. The SMILES string of the molecule is CC(O)C(N)C(=O)NC(C(=O)NC(CCC(=O)O)C(=O)NC(Cc1cnc[nH]1)C(=O)O)C(C)O. The number of nitrogens with zero attached hydrogens (tertiary/aromatic N) is 1. The first-order chi connectivity index (χ1) is 15.8. The van der Waals surface area contributed by atoms with E-state index < -0.39 is 78.9 Å². The van der Waals surface area contributed by atoms with Gasteiger partial charge >= 0.3 is 11.9 Å². The Labute approximate surface area is 194 Å². The number of hydrogen-bond acceptors (Lipinski definition) is 9. The van der Waals surface area contributed by atoms with E-state index in [2.05, 4.69) is 25.9 Å². The minimum Gasteiger partial charge on any atom is -0.481 e. The van der Waals surface area contributed by atoms with Crippen LogP contribution in [0.2, 0.25) is 0 Å². The predicted octanol–water partition coefficient (Wildman–Crippen LogP) is -3.56. The van der Waals surface area contributed by atoms with Gasteiger partial charge in [-0.15, -0.1) is 0 Å². The molecule has 190 valence electrons. The zero-order valence-electron chi connectivity index (χ0n) is 18.6. The van der Waals surface area contributed by atoms with Crippen LogP contribution < -0.4 is 21.7 Å². The Kier molecular flexibility index (Phi) is 11.1. The summed E-state index contributed by atoms with van der Waals surface area (Å²) >= 11 is 0. The van der Waals surface area contributed by atoms with Crippen molar-refractivity contribution in [1.82, 2.24) is 25.9 Å². The second kappa shape index (κ2) is 13.2. The number of carbonyl (C=O) groups excluding carboxylic acids is 3. The van der Waals surface area contributed by atoms with E-state index in [0.29, 0.717) is 5.69 Å². The number of nitrogens with one attached hydrogen (secondary N) is 4. The van der Waals surface area contributed by atoms with Crippen LogP contribution in [-0.4, -0.2) is 96.4 Å². The van der Waals surface area contributed by atoms with Gasteiger partial charge in [-0.25, -0.2) is 9.78 Å². The number of amides is 3. The normalized spacial score (nSPS) is 16.3. The molecular weight excluding hydrogens is 456 g/mol. The third-order valence-electron chi connectivity index (χ3n) is 4.76. The van der Waals surface area contributed by atoms with Crippen molar-refractivity contribution in [2.24, 2.45) is 5.73 Å². The Morgan fingerprint density at radius 2 is 1.59 bits per heavy atom. The number of hydrogen-bond donors (Lipinski definition) is 9. The number of carboxylic acid groups (broad SMARTS) is 2. The third kappa shape index (κ3) is 9.13. The van der Waals surface area contributed by atoms with Crippen molar-refractivity contribution in [3.05, 3.63) is 18.2 Å². The molecule has 0 aliphatic heterocycles. The molecule has 0 spiro atoms. The van der Waals surface area contributed by atoms with Crippen LogP contribution in [0.3, 0.4) is 0 Å². The summed E-state index contributed by atoms with van der Waals surface area (Å²) in [6, 6.07) is -5.93. The Balaban J connectivity index is 2.99. The van der Waals surface area contributed by atoms with E-state index in [-0.39, 0.29) is 6.42 Å². The number of aromatic nitrogens is 2.